The van der Waals surface area contributed by atoms with Crippen molar-refractivity contribution >= 4 is 12.0 Å². The van der Waals surface area contributed by atoms with Crippen LogP contribution in [0.2, 0.25) is 0 Å². The van der Waals surface area contributed by atoms with Gasteiger partial charge in [-0.1, -0.05) is 0 Å². The van der Waals surface area contributed by atoms with E-state index in [1.54, 1.807) is 12.4 Å². The minimum atomic E-state index is 0.00219. The first-order chi connectivity index (χ1) is 6.08. The summed E-state index contributed by atoms with van der Waals surface area (Å²) in [6.07, 6.45) is 4.60. The van der Waals surface area contributed by atoms with Crippen molar-refractivity contribution in [2.24, 2.45) is 0 Å². The Kier molecular flexibility index (Phi) is 3.50. The molecule has 4 nitrogen and oxygen atoms in total. The summed E-state index contributed by atoms with van der Waals surface area (Å²) in [7, 11) is 0. The summed E-state index contributed by atoms with van der Waals surface area (Å²) in [5, 5.41) is 0. The van der Waals surface area contributed by atoms with Crippen LogP contribution in [0.1, 0.15) is 20.8 Å². The number of hydrogen-bond acceptors (Lipinski definition) is 5. The van der Waals surface area contributed by atoms with Gasteiger partial charge in [0.1, 0.15) is 0 Å². The minimum absolute atomic E-state index is 0.00219. The van der Waals surface area contributed by atoms with E-state index in [1.165, 1.54) is 18.2 Å². The first kappa shape index (κ1) is 10.3. The molecule has 0 aliphatic rings. The van der Waals surface area contributed by atoms with Gasteiger partial charge in [0.05, 0.1) is 18.2 Å². The van der Waals surface area contributed by atoms with Crippen LogP contribution in [-0.2, 0) is 4.33 Å². The Morgan fingerprint density at radius 3 is 2.62 bits per heavy atom. The van der Waals surface area contributed by atoms with E-state index in [4.69, 9.17) is 9.22 Å². The lowest BCUT2D eigenvalue weighted by molar-refractivity contribution is -0.0843. The second-order valence-electron chi connectivity index (χ2n) is 3.39. The quantitative estimate of drug-likeness (QED) is 0.425. The van der Waals surface area contributed by atoms with Crippen LogP contribution < -0.4 is 4.89 Å². The summed E-state index contributed by atoms with van der Waals surface area (Å²) in [6, 6.07) is 0. The standard InChI is InChI=1S/C8H12N2O2S/c1-8(2,3)13-12-11-7-6-9-4-5-10-7/h4-6H,1-3H3. The molecule has 1 aromatic rings. The van der Waals surface area contributed by atoms with E-state index in [2.05, 4.69) is 9.97 Å². The Bertz CT molecular complexity index is 248. The van der Waals surface area contributed by atoms with Gasteiger partial charge >= 0.3 is 0 Å². The van der Waals surface area contributed by atoms with Crippen molar-refractivity contribution in [3.05, 3.63) is 18.6 Å². The van der Waals surface area contributed by atoms with Crippen LogP contribution in [0.25, 0.3) is 0 Å². The molecule has 0 aliphatic heterocycles. The molecule has 0 unspecified atom stereocenters. The Labute approximate surface area is 81.8 Å². The maximum Gasteiger partial charge on any atom is 0.276 e. The van der Waals surface area contributed by atoms with Crippen LogP contribution in [0.5, 0.6) is 5.88 Å². The van der Waals surface area contributed by atoms with E-state index < -0.39 is 0 Å². The van der Waals surface area contributed by atoms with E-state index in [-0.39, 0.29) is 4.75 Å². The second kappa shape index (κ2) is 4.43. The SMILES string of the molecule is CC(C)(C)SOOc1cnccn1. The fourth-order valence-electron chi connectivity index (χ4n) is 0.482. The van der Waals surface area contributed by atoms with E-state index in [0.717, 1.165) is 0 Å². The average Bonchev–Trinajstić information content (AvgIpc) is 2.04. The summed E-state index contributed by atoms with van der Waals surface area (Å²) < 4.78 is 4.90. The Morgan fingerprint density at radius 1 is 1.31 bits per heavy atom. The van der Waals surface area contributed by atoms with Gasteiger partial charge in [-0.15, -0.1) is 4.33 Å². The third-order valence-corrected chi connectivity index (χ3v) is 1.58. The number of rotatable bonds is 3. The van der Waals surface area contributed by atoms with Crippen molar-refractivity contribution in [2.75, 3.05) is 0 Å². The molecule has 0 fully saturated rings. The summed E-state index contributed by atoms with van der Waals surface area (Å²) in [5.74, 6) is 0.360. The van der Waals surface area contributed by atoms with Crippen LogP contribution in [0.15, 0.2) is 18.6 Å². The molecule has 0 radical (unpaired) electrons. The van der Waals surface area contributed by atoms with Gasteiger partial charge in [0.25, 0.3) is 5.88 Å². The molecule has 1 aromatic heterocycles. The van der Waals surface area contributed by atoms with Crippen molar-refractivity contribution in [1.29, 1.82) is 0 Å². The van der Waals surface area contributed by atoms with Gasteiger partial charge in [-0.2, -0.15) is 0 Å². The highest BCUT2D eigenvalue weighted by molar-refractivity contribution is 7.95. The third-order valence-electron chi connectivity index (χ3n) is 0.943. The van der Waals surface area contributed by atoms with Crippen molar-refractivity contribution in [2.45, 2.75) is 25.5 Å². The summed E-state index contributed by atoms with van der Waals surface area (Å²) in [4.78, 5) is 12.6. The van der Waals surface area contributed by atoms with E-state index >= 15 is 0 Å². The molecule has 5 heteroatoms. The molecule has 0 atom stereocenters. The molecule has 0 saturated carbocycles. The normalized spacial score (nSPS) is 11.3. The highest BCUT2D eigenvalue weighted by atomic mass is 32.2. The van der Waals surface area contributed by atoms with Crippen LogP contribution in [0, 0.1) is 0 Å². The second-order valence-corrected chi connectivity index (χ2v) is 4.92. The molecule has 0 spiro atoms. The minimum Gasteiger partial charge on any atom is -0.303 e. The fourth-order valence-corrected chi connectivity index (χ4v) is 0.790. The first-order valence-electron chi connectivity index (χ1n) is 3.86. The Hall–Kier alpha value is -0.810. The van der Waals surface area contributed by atoms with Crippen LogP contribution in [0.3, 0.4) is 0 Å². The van der Waals surface area contributed by atoms with Crippen molar-refractivity contribution in [1.82, 2.24) is 9.97 Å². The van der Waals surface area contributed by atoms with Crippen LogP contribution in [-0.4, -0.2) is 14.7 Å². The predicted molar refractivity (Wildman–Crippen MR) is 51.1 cm³/mol. The zero-order valence-corrected chi connectivity index (χ0v) is 8.67. The molecular weight excluding hydrogens is 188 g/mol. The lowest BCUT2D eigenvalue weighted by Crippen LogP contribution is -2.09. The van der Waals surface area contributed by atoms with Gasteiger partial charge in [-0.05, 0) is 20.8 Å². The van der Waals surface area contributed by atoms with E-state index in [0.29, 0.717) is 5.88 Å². The molecule has 0 N–H and O–H groups in total. The molecule has 13 heavy (non-hydrogen) atoms. The molecule has 1 heterocycles. The lowest BCUT2D eigenvalue weighted by Gasteiger charge is -2.14. The molecule has 0 saturated heterocycles. The van der Waals surface area contributed by atoms with Gasteiger partial charge in [0, 0.05) is 17.1 Å². The van der Waals surface area contributed by atoms with Crippen molar-refractivity contribution < 1.29 is 9.22 Å². The molecule has 1 rings (SSSR count). The average molecular weight is 200 g/mol. The summed E-state index contributed by atoms with van der Waals surface area (Å²) in [5.41, 5.74) is 0. The molecule has 0 aliphatic carbocycles. The highest BCUT2D eigenvalue weighted by Gasteiger charge is 2.13. The lowest BCUT2D eigenvalue weighted by atomic mass is 10.3. The third kappa shape index (κ3) is 4.69. The molecule has 0 bridgehead atoms. The van der Waals surface area contributed by atoms with Gasteiger partial charge in [0.15, 0.2) is 0 Å². The van der Waals surface area contributed by atoms with Crippen molar-refractivity contribution in [3.8, 4) is 5.88 Å². The van der Waals surface area contributed by atoms with Gasteiger partial charge in [-0.3, -0.25) is 4.98 Å². The van der Waals surface area contributed by atoms with Crippen molar-refractivity contribution in [3.63, 3.8) is 0 Å². The number of nitrogens with zero attached hydrogens (tertiary/aromatic N) is 2. The zero-order chi connectivity index (χ0) is 9.73. The largest absolute Gasteiger partial charge is 0.303 e. The topological polar surface area (TPSA) is 44.2 Å². The van der Waals surface area contributed by atoms with E-state index in [9.17, 15) is 0 Å². The van der Waals surface area contributed by atoms with Crippen LogP contribution in [0.4, 0.5) is 0 Å². The zero-order valence-electron chi connectivity index (χ0n) is 7.85. The first-order valence-corrected chi connectivity index (χ1v) is 4.60. The fraction of sp³-hybridized carbons (Fsp3) is 0.500. The van der Waals surface area contributed by atoms with E-state index in [1.807, 2.05) is 20.8 Å². The monoisotopic (exact) mass is 200 g/mol. The smallest absolute Gasteiger partial charge is 0.276 e. The van der Waals surface area contributed by atoms with Gasteiger partial charge in [0.2, 0.25) is 0 Å². The van der Waals surface area contributed by atoms with Crippen LogP contribution >= 0.6 is 12.0 Å². The Balaban J connectivity index is 2.29. The number of aromatic nitrogens is 2. The van der Waals surface area contributed by atoms with Gasteiger partial charge < -0.3 is 4.89 Å². The Morgan fingerprint density at radius 2 is 2.08 bits per heavy atom. The highest BCUT2D eigenvalue weighted by Crippen LogP contribution is 2.24. The van der Waals surface area contributed by atoms with Gasteiger partial charge in [-0.25, -0.2) is 4.98 Å². The summed E-state index contributed by atoms with van der Waals surface area (Å²) >= 11 is 1.24. The number of hydrogen-bond donors (Lipinski definition) is 0. The molecular formula is C8H12N2O2S. The molecule has 0 amide bonds. The molecule has 0 aromatic carbocycles. The predicted octanol–water partition coefficient (Wildman–Crippen LogP) is 2.23. The summed E-state index contributed by atoms with van der Waals surface area (Å²) in [6.45, 7) is 6.08. The maximum atomic E-state index is 4.90. The molecule has 72 valence electrons. The maximum absolute atomic E-state index is 4.90.